The number of carboxylic acids is 3. The van der Waals surface area contributed by atoms with E-state index in [0.717, 1.165) is 0 Å². The molecule has 3 unspecified atom stereocenters. The van der Waals surface area contributed by atoms with Gasteiger partial charge in [0.2, 0.25) is 17.7 Å². The minimum Gasteiger partial charge on any atom is -0.481 e. The van der Waals surface area contributed by atoms with Crippen LogP contribution in [0.4, 0.5) is 0 Å². The first-order valence-corrected chi connectivity index (χ1v) is 9.12. The van der Waals surface area contributed by atoms with Gasteiger partial charge in [-0.05, 0) is 18.8 Å². The van der Waals surface area contributed by atoms with Crippen molar-refractivity contribution in [3.05, 3.63) is 0 Å². The fourth-order valence-corrected chi connectivity index (χ4v) is 2.32. The summed E-state index contributed by atoms with van der Waals surface area (Å²) in [6.07, 6.45) is -1.26. The molecule has 0 rings (SSSR count). The van der Waals surface area contributed by atoms with Gasteiger partial charge in [0.1, 0.15) is 12.1 Å². The summed E-state index contributed by atoms with van der Waals surface area (Å²) >= 11 is 0. The Morgan fingerprint density at radius 1 is 0.867 bits per heavy atom. The summed E-state index contributed by atoms with van der Waals surface area (Å²) in [4.78, 5) is 68.5. The van der Waals surface area contributed by atoms with Crippen molar-refractivity contribution in [1.82, 2.24) is 16.0 Å². The summed E-state index contributed by atoms with van der Waals surface area (Å²) in [5, 5.41) is 33.0. The highest BCUT2D eigenvalue weighted by Gasteiger charge is 2.26. The lowest BCUT2D eigenvalue weighted by molar-refractivity contribution is -0.143. The second-order valence-corrected chi connectivity index (χ2v) is 7.00. The van der Waals surface area contributed by atoms with Crippen LogP contribution in [0.25, 0.3) is 0 Å². The van der Waals surface area contributed by atoms with Gasteiger partial charge >= 0.3 is 17.9 Å². The van der Waals surface area contributed by atoms with Gasteiger partial charge in [0.05, 0.1) is 19.0 Å². The first-order valence-electron chi connectivity index (χ1n) is 9.12. The highest BCUT2D eigenvalue weighted by molar-refractivity contribution is 5.93. The number of nitrogens with one attached hydrogen (secondary N) is 3. The molecule has 0 bridgehead atoms. The molecule has 0 aromatic carbocycles. The van der Waals surface area contributed by atoms with Crippen molar-refractivity contribution in [2.45, 2.75) is 57.7 Å². The molecule has 0 saturated heterocycles. The Balaban J connectivity index is 4.85. The van der Waals surface area contributed by atoms with Crippen molar-refractivity contribution in [1.29, 1.82) is 0 Å². The van der Waals surface area contributed by atoms with Gasteiger partial charge in [-0.3, -0.25) is 24.0 Å². The number of carbonyl (C=O) groups excluding carboxylic acids is 3. The van der Waals surface area contributed by atoms with Gasteiger partial charge in [0, 0.05) is 6.42 Å². The fourth-order valence-electron chi connectivity index (χ4n) is 2.32. The van der Waals surface area contributed by atoms with E-state index in [4.69, 9.17) is 21.1 Å². The zero-order chi connectivity index (χ0) is 23.4. The molecule has 30 heavy (non-hydrogen) atoms. The van der Waals surface area contributed by atoms with Gasteiger partial charge < -0.3 is 37.0 Å². The number of carboxylic acid groups (broad SMARTS) is 3. The monoisotopic (exact) mass is 432 g/mol. The first-order chi connectivity index (χ1) is 13.8. The van der Waals surface area contributed by atoms with E-state index in [1.807, 2.05) is 0 Å². The van der Waals surface area contributed by atoms with E-state index in [9.17, 15) is 28.8 Å². The molecule has 8 N–H and O–H groups in total. The topological polar surface area (TPSA) is 225 Å². The molecule has 170 valence electrons. The normalized spacial score (nSPS) is 13.6. The smallest absolute Gasteiger partial charge is 0.326 e. The van der Waals surface area contributed by atoms with Crippen molar-refractivity contribution in [3.63, 3.8) is 0 Å². The zero-order valence-electron chi connectivity index (χ0n) is 16.7. The van der Waals surface area contributed by atoms with Crippen LogP contribution in [0, 0.1) is 5.92 Å². The minimum atomic E-state index is -1.44. The molecule has 0 radical (unpaired) electrons. The van der Waals surface area contributed by atoms with Crippen LogP contribution in [0.1, 0.15) is 39.5 Å². The molecule has 13 heteroatoms. The number of nitrogens with two attached hydrogens (primary N) is 1. The van der Waals surface area contributed by atoms with E-state index < -0.39 is 73.1 Å². The maximum atomic E-state index is 12.3. The van der Waals surface area contributed by atoms with Gasteiger partial charge in [-0.15, -0.1) is 0 Å². The first kappa shape index (κ1) is 26.8. The molecule has 0 aromatic rings. The van der Waals surface area contributed by atoms with Crippen molar-refractivity contribution in [2.75, 3.05) is 6.54 Å². The molecule has 13 nitrogen and oxygen atoms in total. The lowest BCUT2D eigenvalue weighted by Gasteiger charge is -2.22. The predicted octanol–water partition coefficient (Wildman–Crippen LogP) is -2.13. The lowest BCUT2D eigenvalue weighted by Crippen LogP contribution is -2.54. The number of carbonyl (C=O) groups is 6. The molecule has 3 amide bonds. The molecular formula is C17H28N4O9. The van der Waals surface area contributed by atoms with Crippen LogP contribution in [-0.2, 0) is 28.8 Å². The van der Waals surface area contributed by atoms with E-state index >= 15 is 0 Å². The second kappa shape index (κ2) is 13.1. The zero-order valence-corrected chi connectivity index (χ0v) is 16.7. The summed E-state index contributed by atoms with van der Waals surface area (Å²) in [5.74, 6) is -6.42. The molecule has 0 aromatic heterocycles. The van der Waals surface area contributed by atoms with Crippen LogP contribution in [0.3, 0.4) is 0 Å². The Hall–Kier alpha value is -3.22. The molecule has 0 aliphatic carbocycles. The number of hydrogen-bond acceptors (Lipinski definition) is 7. The Morgan fingerprint density at radius 2 is 1.47 bits per heavy atom. The third-order valence-electron chi connectivity index (χ3n) is 3.77. The molecule has 0 saturated carbocycles. The molecule has 0 aliphatic rings. The molecule has 0 aliphatic heterocycles. The van der Waals surface area contributed by atoms with Gasteiger partial charge in [-0.2, -0.15) is 0 Å². The van der Waals surface area contributed by atoms with Crippen LogP contribution in [0.5, 0.6) is 0 Å². The van der Waals surface area contributed by atoms with Crippen LogP contribution >= 0.6 is 0 Å². The molecule has 3 atom stereocenters. The average Bonchev–Trinajstić information content (AvgIpc) is 2.60. The van der Waals surface area contributed by atoms with Crippen molar-refractivity contribution in [3.8, 4) is 0 Å². The largest absolute Gasteiger partial charge is 0.481 e. The van der Waals surface area contributed by atoms with Gasteiger partial charge in [-0.25, -0.2) is 4.79 Å². The molecule has 0 fully saturated rings. The van der Waals surface area contributed by atoms with E-state index in [-0.39, 0.29) is 18.8 Å². The highest BCUT2D eigenvalue weighted by Crippen LogP contribution is 2.06. The second-order valence-electron chi connectivity index (χ2n) is 7.00. The van der Waals surface area contributed by atoms with Gasteiger partial charge in [-0.1, -0.05) is 13.8 Å². The number of aliphatic carboxylic acids is 3. The maximum Gasteiger partial charge on any atom is 0.326 e. The highest BCUT2D eigenvalue weighted by atomic mass is 16.4. The third-order valence-corrected chi connectivity index (χ3v) is 3.77. The summed E-state index contributed by atoms with van der Waals surface area (Å²) in [6, 6.07) is -3.89. The predicted molar refractivity (Wildman–Crippen MR) is 101 cm³/mol. The van der Waals surface area contributed by atoms with Crippen LogP contribution in [-0.4, -0.2) is 75.6 Å². The summed E-state index contributed by atoms with van der Waals surface area (Å²) in [5.41, 5.74) is 5.47. The Bertz CT molecular complexity index is 666. The number of rotatable bonds is 14. The summed E-state index contributed by atoms with van der Waals surface area (Å²) in [6.45, 7) is 2.94. The fraction of sp³-hybridized carbons (Fsp3) is 0.647. The van der Waals surface area contributed by atoms with Crippen molar-refractivity contribution < 1.29 is 44.1 Å². The average molecular weight is 432 g/mol. The maximum absolute atomic E-state index is 12.3. The van der Waals surface area contributed by atoms with E-state index in [1.165, 1.54) is 0 Å². The Labute approximate surface area is 172 Å². The summed E-state index contributed by atoms with van der Waals surface area (Å²) < 4.78 is 0. The molecular weight excluding hydrogens is 404 g/mol. The van der Waals surface area contributed by atoms with Crippen LogP contribution in [0.15, 0.2) is 0 Å². The standard InChI is InChI=1S/C17H28N4O9/c1-8(2)5-11(21-15(27)9(18)6-14(25)26)16(28)19-7-12(22)20-10(17(29)30)3-4-13(23)24/h8-11H,3-7,18H2,1-2H3,(H,19,28)(H,20,22)(H,21,27)(H,23,24)(H,25,26)(H,29,30). The molecule has 0 heterocycles. The molecule has 0 spiro atoms. The Kier molecular flexibility index (Phi) is 11.7. The third kappa shape index (κ3) is 11.6. The summed E-state index contributed by atoms with van der Waals surface area (Å²) in [7, 11) is 0. The Morgan fingerprint density at radius 3 is 1.93 bits per heavy atom. The number of amides is 3. The van der Waals surface area contributed by atoms with Crippen molar-refractivity contribution >= 4 is 35.6 Å². The SMILES string of the molecule is CC(C)CC(NC(=O)C(N)CC(=O)O)C(=O)NCC(=O)NC(CCC(=O)O)C(=O)O. The van der Waals surface area contributed by atoms with E-state index in [1.54, 1.807) is 13.8 Å². The van der Waals surface area contributed by atoms with E-state index in [0.29, 0.717) is 0 Å². The number of hydrogen-bond donors (Lipinski definition) is 7. The quantitative estimate of drug-likeness (QED) is 0.158. The van der Waals surface area contributed by atoms with Crippen molar-refractivity contribution in [2.24, 2.45) is 11.7 Å². The van der Waals surface area contributed by atoms with E-state index in [2.05, 4.69) is 16.0 Å². The van der Waals surface area contributed by atoms with Gasteiger partial charge in [0.15, 0.2) is 0 Å². The van der Waals surface area contributed by atoms with Crippen LogP contribution < -0.4 is 21.7 Å². The van der Waals surface area contributed by atoms with Gasteiger partial charge in [0.25, 0.3) is 0 Å². The van der Waals surface area contributed by atoms with Crippen LogP contribution in [0.2, 0.25) is 0 Å². The lowest BCUT2D eigenvalue weighted by atomic mass is 10.0. The minimum absolute atomic E-state index is 0.0435.